The molecule has 1 aliphatic carbocycles. The van der Waals surface area contributed by atoms with Crippen molar-refractivity contribution in [3.63, 3.8) is 0 Å². The largest absolute Gasteiger partial charge is 0.481 e. The van der Waals surface area contributed by atoms with E-state index in [1.54, 1.807) is 11.3 Å². The van der Waals surface area contributed by atoms with E-state index >= 15 is 0 Å². The number of carbonyl (C=O) groups excluding carboxylic acids is 1. The Morgan fingerprint density at radius 2 is 2.11 bits per heavy atom. The predicted octanol–water partition coefficient (Wildman–Crippen LogP) is 2.67. The van der Waals surface area contributed by atoms with Crippen molar-refractivity contribution in [1.29, 1.82) is 0 Å². The maximum Gasteiger partial charge on any atom is 0.307 e. The zero-order valence-corrected chi connectivity index (χ0v) is 11.9. The van der Waals surface area contributed by atoms with E-state index < -0.39 is 17.8 Å². The highest BCUT2D eigenvalue weighted by atomic mass is 32.1. The van der Waals surface area contributed by atoms with E-state index in [-0.39, 0.29) is 11.9 Å². The quantitative estimate of drug-likeness (QED) is 0.891. The van der Waals surface area contributed by atoms with Crippen LogP contribution in [0.4, 0.5) is 0 Å². The zero-order chi connectivity index (χ0) is 14.0. The van der Waals surface area contributed by atoms with Gasteiger partial charge in [-0.25, -0.2) is 0 Å². The molecule has 2 unspecified atom stereocenters. The Bertz CT molecular complexity index is 457. The van der Waals surface area contributed by atoms with E-state index in [1.165, 1.54) is 0 Å². The minimum Gasteiger partial charge on any atom is -0.481 e. The summed E-state index contributed by atoms with van der Waals surface area (Å²) in [4.78, 5) is 23.4. The maximum absolute atomic E-state index is 12.2. The van der Waals surface area contributed by atoms with Crippen molar-refractivity contribution >= 4 is 23.2 Å². The summed E-state index contributed by atoms with van der Waals surface area (Å²) in [7, 11) is 0. The Morgan fingerprint density at radius 3 is 2.68 bits per heavy atom. The highest BCUT2D eigenvalue weighted by molar-refractivity contribution is 7.07. The van der Waals surface area contributed by atoms with Gasteiger partial charge in [-0.3, -0.25) is 9.59 Å². The van der Waals surface area contributed by atoms with Gasteiger partial charge in [0.1, 0.15) is 0 Å². The third kappa shape index (κ3) is 3.15. The third-order valence-electron chi connectivity index (χ3n) is 3.85. The van der Waals surface area contributed by atoms with E-state index in [1.807, 2.05) is 30.7 Å². The molecule has 0 aromatic carbocycles. The second kappa shape index (κ2) is 5.74. The first-order valence-corrected chi connectivity index (χ1v) is 7.48. The van der Waals surface area contributed by atoms with Crippen molar-refractivity contribution in [2.45, 2.75) is 32.7 Å². The normalized spacial score (nSPS) is 28.0. The number of carboxylic acid groups (broad SMARTS) is 1. The lowest BCUT2D eigenvalue weighted by Gasteiger charge is -2.19. The first kappa shape index (κ1) is 14.1. The van der Waals surface area contributed by atoms with Crippen LogP contribution in [-0.4, -0.2) is 17.0 Å². The number of rotatable bonds is 4. The van der Waals surface area contributed by atoms with Crippen LogP contribution >= 0.6 is 11.3 Å². The number of carbonyl (C=O) groups is 2. The molecule has 1 aromatic rings. The fraction of sp³-hybridized carbons (Fsp3) is 0.571. The molecular formula is C14H19NO3S. The molecule has 1 heterocycles. The lowest BCUT2D eigenvalue weighted by Crippen LogP contribution is -2.36. The highest BCUT2D eigenvalue weighted by Crippen LogP contribution is 2.36. The standard InChI is InChI=1S/C14H19NO3S/c1-8-5-11(12(6-8)14(17)18)13(16)15-9(2)10-3-4-19-7-10/h3-4,7-9,11-12H,5-6H2,1-2H3,(H,15,16)(H,17,18)/t8?,9?,11-,12+/m0/s1. The van der Waals surface area contributed by atoms with Crippen LogP contribution in [0.2, 0.25) is 0 Å². The molecule has 1 saturated carbocycles. The zero-order valence-electron chi connectivity index (χ0n) is 11.1. The van der Waals surface area contributed by atoms with Crippen LogP contribution in [0.25, 0.3) is 0 Å². The van der Waals surface area contributed by atoms with E-state index in [0.29, 0.717) is 18.8 Å². The molecule has 4 nitrogen and oxygen atoms in total. The molecule has 0 bridgehead atoms. The van der Waals surface area contributed by atoms with Gasteiger partial charge in [0.15, 0.2) is 0 Å². The number of nitrogens with one attached hydrogen (secondary N) is 1. The molecule has 2 rings (SSSR count). The fourth-order valence-electron chi connectivity index (χ4n) is 2.78. The highest BCUT2D eigenvalue weighted by Gasteiger charge is 2.41. The average molecular weight is 281 g/mol. The second-order valence-corrected chi connectivity index (χ2v) is 6.19. The van der Waals surface area contributed by atoms with Crippen LogP contribution in [0.5, 0.6) is 0 Å². The molecular weight excluding hydrogens is 262 g/mol. The Morgan fingerprint density at radius 1 is 1.42 bits per heavy atom. The van der Waals surface area contributed by atoms with Crippen molar-refractivity contribution in [3.8, 4) is 0 Å². The number of thiophene rings is 1. The number of hydrogen-bond donors (Lipinski definition) is 2. The predicted molar refractivity (Wildman–Crippen MR) is 73.9 cm³/mol. The van der Waals surface area contributed by atoms with Crippen molar-refractivity contribution in [2.24, 2.45) is 17.8 Å². The summed E-state index contributed by atoms with van der Waals surface area (Å²) in [5, 5.41) is 16.1. The Hall–Kier alpha value is -1.36. The summed E-state index contributed by atoms with van der Waals surface area (Å²) in [6, 6.07) is 1.91. The Labute approximate surface area is 116 Å². The van der Waals surface area contributed by atoms with Gasteiger partial charge in [0.05, 0.1) is 17.9 Å². The summed E-state index contributed by atoms with van der Waals surface area (Å²) in [5.74, 6) is -1.62. The van der Waals surface area contributed by atoms with Crippen molar-refractivity contribution in [2.75, 3.05) is 0 Å². The number of carboxylic acids is 1. The van der Waals surface area contributed by atoms with Crippen LogP contribution < -0.4 is 5.32 Å². The molecule has 104 valence electrons. The summed E-state index contributed by atoms with van der Waals surface area (Å²) in [6.45, 7) is 3.93. The molecule has 2 N–H and O–H groups in total. The van der Waals surface area contributed by atoms with Gasteiger partial charge in [-0.05, 0) is 48.1 Å². The van der Waals surface area contributed by atoms with Gasteiger partial charge >= 0.3 is 5.97 Å². The minimum absolute atomic E-state index is 0.0656. The van der Waals surface area contributed by atoms with Gasteiger partial charge in [-0.1, -0.05) is 6.92 Å². The number of amides is 1. The van der Waals surface area contributed by atoms with Crippen molar-refractivity contribution < 1.29 is 14.7 Å². The molecule has 19 heavy (non-hydrogen) atoms. The summed E-state index contributed by atoms with van der Waals surface area (Å²) in [5.41, 5.74) is 1.07. The molecule has 5 heteroatoms. The lowest BCUT2D eigenvalue weighted by atomic mass is 9.95. The van der Waals surface area contributed by atoms with Crippen molar-refractivity contribution in [1.82, 2.24) is 5.32 Å². The van der Waals surface area contributed by atoms with E-state index in [2.05, 4.69) is 5.32 Å². The molecule has 0 aliphatic heterocycles. The lowest BCUT2D eigenvalue weighted by molar-refractivity contribution is -0.146. The van der Waals surface area contributed by atoms with Crippen LogP contribution in [-0.2, 0) is 9.59 Å². The monoisotopic (exact) mass is 281 g/mol. The molecule has 1 aromatic heterocycles. The van der Waals surface area contributed by atoms with E-state index in [4.69, 9.17) is 0 Å². The SMILES string of the molecule is CC1C[C@H](C(=O)NC(C)c2ccsc2)[C@H](C(=O)O)C1. The summed E-state index contributed by atoms with van der Waals surface area (Å²) >= 11 is 1.59. The molecule has 0 saturated heterocycles. The Kier molecular flexibility index (Phi) is 4.24. The van der Waals surface area contributed by atoms with E-state index in [9.17, 15) is 14.7 Å². The topological polar surface area (TPSA) is 66.4 Å². The average Bonchev–Trinajstić information content (AvgIpc) is 2.96. The van der Waals surface area contributed by atoms with Crippen LogP contribution in [0.15, 0.2) is 16.8 Å². The first-order valence-electron chi connectivity index (χ1n) is 6.54. The van der Waals surface area contributed by atoms with Crippen LogP contribution in [0.1, 0.15) is 38.3 Å². The summed E-state index contributed by atoms with van der Waals surface area (Å²) < 4.78 is 0. The van der Waals surface area contributed by atoms with Gasteiger partial charge in [-0.15, -0.1) is 0 Å². The van der Waals surface area contributed by atoms with Gasteiger partial charge in [0.25, 0.3) is 0 Å². The fourth-order valence-corrected chi connectivity index (χ4v) is 3.53. The molecule has 0 radical (unpaired) electrons. The molecule has 4 atom stereocenters. The second-order valence-electron chi connectivity index (χ2n) is 5.41. The van der Waals surface area contributed by atoms with Gasteiger partial charge in [0.2, 0.25) is 5.91 Å². The van der Waals surface area contributed by atoms with Gasteiger partial charge < -0.3 is 10.4 Å². The van der Waals surface area contributed by atoms with Crippen molar-refractivity contribution in [3.05, 3.63) is 22.4 Å². The van der Waals surface area contributed by atoms with Crippen LogP contribution in [0.3, 0.4) is 0 Å². The van der Waals surface area contributed by atoms with E-state index in [0.717, 1.165) is 5.56 Å². The minimum atomic E-state index is -0.854. The molecule has 1 fully saturated rings. The number of hydrogen-bond acceptors (Lipinski definition) is 3. The third-order valence-corrected chi connectivity index (χ3v) is 4.56. The van der Waals surface area contributed by atoms with Gasteiger partial charge in [0, 0.05) is 0 Å². The first-order chi connectivity index (χ1) is 8.99. The molecule has 1 aliphatic rings. The van der Waals surface area contributed by atoms with Gasteiger partial charge in [-0.2, -0.15) is 11.3 Å². The smallest absolute Gasteiger partial charge is 0.307 e. The van der Waals surface area contributed by atoms with Crippen LogP contribution in [0, 0.1) is 17.8 Å². The maximum atomic E-state index is 12.2. The molecule has 0 spiro atoms. The molecule has 1 amide bonds. The Balaban J connectivity index is 2.01. The summed E-state index contributed by atoms with van der Waals surface area (Å²) in [6.07, 6.45) is 1.26. The number of aliphatic carboxylic acids is 1.